The Morgan fingerprint density at radius 1 is 1.37 bits per heavy atom. The van der Waals surface area contributed by atoms with E-state index in [0.717, 1.165) is 30.3 Å². The van der Waals surface area contributed by atoms with Gasteiger partial charge in [0.15, 0.2) is 5.82 Å². The summed E-state index contributed by atoms with van der Waals surface area (Å²) in [7, 11) is 1.62. The summed E-state index contributed by atoms with van der Waals surface area (Å²) in [6.07, 6.45) is 3.81. The Morgan fingerprint density at radius 3 is 2.95 bits per heavy atom. The molecule has 19 heavy (non-hydrogen) atoms. The van der Waals surface area contributed by atoms with Crippen LogP contribution in [-0.4, -0.2) is 27.3 Å². The van der Waals surface area contributed by atoms with Crippen molar-refractivity contribution in [2.24, 2.45) is 5.92 Å². The third kappa shape index (κ3) is 2.67. The maximum atomic E-state index is 5.87. The zero-order valence-corrected chi connectivity index (χ0v) is 10.9. The number of anilines is 1. The summed E-state index contributed by atoms with van der Waals surface area (Å²) < 4.78 is 7.06. The average Bonchev–Trinajstić information content (AvgIpc) is 3.12. The van der Waals surface area contributed by atoms with Crippen LogP contribution in [0.2, 0.25) is 0 Å². The van der Waals surface area contributed by atoms with Crippen molar-refractivity contribution in [2.75, 3.05) is 12.8 Å². The molecule has 0 radical (unpaired) electrons. The van der Waals surface area contributed by atoms with Gasteiger partial charge in [0.05, 0.1) is 7.11 Å². The molecule has 1 saturated carbocycles. The van der Waals surface area contributed by atoms with E-state index in [-0.39, 0.29) is 0 Å². The number of aryl methyl sites for hydroxylation is 1. The number of nitrogens with two attached hydrogens (primary N) is 1. The van der Waals surface area contributed by atoms with Gasteiger partial charge in [0.25, 0.3) is 0 Å². The molecule has 6 heteroatoms. The van der Waals surface area contributed by atoms with Crippen molar-refractivity contribution in [3.8, 4) is 17.1 Å². The van der Waals surface area contributed by atoms with Crippen LogP contribution in [-0.2, 0) is 6.54 Å². The lowest BCUT2D eigenvalue weighted by Gasteiger charge is -2.07. The predicted octanol–water partition coefficient (Wildman–Crippen LogP) is 1.73. The van der Waals surface area contributed by atoms with Gasteiger partial charge in [0.1, 0.15) is 5.75 Å². The third-order valence-electron chi connectivity index (χ3n) is 3.40. The number of rotatable bonds is 5. The minimum absolute atomic E-state index is 0.645. The topological polar surface area (TPSA) is 78.8 Å². The van der Waals surface area contributed by atoms with Gasteiger partial charge in [-0.25, -0.2) is 4.68 Å². The van der Waals surface area contributed by atoms with Crippen LogP contribution in [0.3, 0.4) is 0 Å². The van der Waals surface area contributed by atoms with E-state index in [0.29, 0.717) is 11.4 Å². The van der Waals surface area contributed by atoms with Crippen molar-refractivity contribution in [3.05, 3.63) is 18.2 Å². The van der Waals surface area contributed by atoms with E-state index in [1.807, 2.05) is 16.8 Å². The van der Waals surface area contributed by atoms with Gasteiger partial charge in [0, 0.05) is 23.9 Å². The van der Waals surface area contributed by atoms with Gasteiger partial charge in [0.2, 0.25) is 0 Å². The molecule has 2 N–H and O–H groups in total. The summed E-state index contributed by atoms with van der Waals surface area (Å²) in [4.78, 5) is 0. The summed E-state index contributed by atoms with van der Waals surface area (Å²) in [5, 5.41) is 11.9. The first-order valence-electron chi connectivity index (χ1n) is 6.47. The Balaban J connectivity index is 1.87. The molecule has 0 unspecified atom stereocenters. The zero-order chi connectivity index (χ0) is 13.2. The fourth-order valence-corrected chi connectivity index (χ4v) is 2.14. The van der Waals surface area contributed by atoms with E-state index in [4.69, 9.17) is 10.5 Å². The third-order valence-corrected chi connectivity index (χ3v) is 3.40. The van der Waals surface area contributed by atoms with Crippen molar-refractivity contribution < 1.29 is 4.74 Å². The van der Waals surface area contributed by atoms with E-state index in [1.54, 1.807) is 13.2 Å². The first-order chi connectivity index (χ1) is 9.26. The largest absolute Gasteiger partial charge is 0.497 e. The highest BCUT2D eigenvalue weighted by molar-refractivity contribution is 5.64. The Hall–Kier alpha value is -2.11. The van der Waals surface area contributed by atoms with Crippen molar-refractivity contribution >= 4 is 5.69 Å². The fourth-order valence-electron chi connectivity index (χ4n) is 2.14. The van der Waals surface area contributed by atoms with Gasteiger partial charge in [-0.05, 0) is 34.9 Å². The molecular weight excluding hydrogens is 242 g/mol. The maximum Gasteiger partial charge on any atom is 0.182 e. The molecule has 6 nitrogen and oxygen atoms in total. The van der Waals surface area contributed by atoms with E-state index in [9.17, 15) is 0 Å². The smallest absolute Gasteiger partial charge is 0.182 e. The Kier molecular flexibility index (Phi) is 3.06. The molecule has 0 saturated heterocycles. The van der Waals surface area contributed by atoms with Gasteiger partial charge < -0.3 is 10.5 Å². The number of aromatic nitrogens is 4. The first kappa shape index (κ1) is 12.0. The highest BCUT2D eigenvalue weighted by atomic mass is 16.5. The van der Waals surface area contributed by atoms with Crippen LogP contribution in [0.1, 0.15) is 19.3 Å². The number of hydrogen-bond acceptors (Lipinski definition) is 5. The van der Waals surface area contributed by atoms with Crippen LogP contribution in [0.4, 0.5) is 5.69 Å². The summed E-state index contributed by atoms with van der Waals surface area (Å²) in [5.74, 6) is 2.31. The van der Waals surface area contributed by atoms with Crippen LogP contribution in [0.15, 0.2) is 18.2 Å². The molecule has 0 bridgehead atoms. The second-order valence-electron chi connectivity index (χ2n) is 4.95. The molecule has 2 aromatic rings. The normalized spacial score (nSPS) is 14.6. The Morgan fingerprint density at radius 2 is 2.21 bits per heavy atom. The molecule has 1 aromatic heterocycles. The molecule has 100 valence electrons. The summed E-state index contributed by atoms with van der Waals surface area (Å²) in [6.45, 7) is 0.851. The SMILES string of the molecule is COc1cc(N)cc(-c2nnnn2CCC2CC2)c1. The molecule has 0 amide bonds. The average molecular weight is 259 g/mol. The standard InChI is InChI=1S/C13H17N5O/c1-19-12-7-10(6-11(14)8-12)13-15-16-17-18(13)5-4-9-2-3-9/h6-9H,2-5,14H2,1H3. The van der Waals surface area contributed by atoms with E-state index in [2.05, 4.69) is 15.5 Å². The van der Waals surface area contributed by atoms with E-state index in [1.165, 1.54) is 12.8 Å². The number of methoxy groups -OCH3 is 1. The summed E-state index contributed by atoms with van der Waals surface area (Å²) in [5.41, 5.74) is 7.40. The fraction of sp³-hybridized carbons (Fsp3) is 0.462. The van der Waals surface area contributed by atoms with Crippen molar-refractivity contribution in [1.29, 1.82) is 0 Å². The second kappa shape index (κ2) is 4.87. The Bertz CT molecular complexity index is 576. The second-order valence-corrected chi connectivity index (χ2v) is 4.95. The molecule has 1 aromatic carbocycles. The quantitative estimate of drug-likeness (QED) is 0.827. The van der Waals surface area contributed by atoms with Gasteiger partial charge in [-0.15, -0.1) is 5.10 Å². The predicted molar refractivity (Wildman–Crippen MR) is 71.6 cm³/mol. The van der Waals surface area contributed by atoms with Gasteiger partial charge in [-0.1, -0.05) is 12.8 Å². The first-order valence-corrected chi connectivity index (χ1v) is 6.47. The molecule has 0 atom stereocenters. The van der Waals surface area contributed by atoms with Crippen LogP contribution in [0.5, 0.6) is 5.75 Å². The van der Waals surface area contributed by atoms with Gasteiger partial charge in [-0.2, -0.15) is 0 Å². The van der Waals surface area contributed by atoms with Crippen LogP contribution < -0.4 is 10.5 Å². The number of nitrogen functional groups attached to an aromatic ring is 1. The molecule has 1 aliphatic rings. The maximum absolute atomic E-state index is 5.87. The highest BCUT2D eigenvalue weighted by Crippen LogP contribution is 2.33. The summed E-state index contributed by atoms with van der Waals surface area (Å²) >= 11 is 0. The lowest BCUT2D eigenvalue weighted by atomic mass is 10.1. The van der Waals surface area contributed by atoms with Crippen molar-refractivity contribution in [3.63, 3.8) is 0 Å². The summed E-state index contributed by atoms with van der Waals surface area (Å²) in [6, 6.07) is 5.54. The zero-order valence-electron chi connectivity index (χ0n) is 10.9. The highest BCUT2D eigenvalue weighted by Gasteiger charge is 2.22. The number of hydrogen-bond donors (Lipinski definition) is 1. The van der Waals surface area contributed by atoms with E-state index >= 15 is 0 Å². The van der Waals surface area contributed by atoms with Crippen LogP contribution in [0.25, 0.3) is 11.4 Å². The van der Waals surface area contributed by atoms with Gasteiger partial charge in [-0.3, -0.25) is 0 Å². The number of ether oxygens (including phenoxy) is 1. The molecule has 0 aliphatic heterocycles. The molecule has 1 heterocycles. The molecule has 1 fully saturated rings. The lowest BCUT2D eigenvalue weighted by molar-refractivity contribution is 0.415. The number of tetrazole rings is 1. The minimum atomic E-state index is 0.645. The van der Waals surface area contributed by atoms with Crippen molar-refractivity contribution in [2.45, 2.75) is 25.8 Å². The van der Waals surface area contributed by atoms with Gasteiger partial charge >= 0.3 is 0 Å². The lowest BCUT2D eigenvalue weighted by Crippen LogP contribution is -2.04. The number of benzene rings is 1. The monoisotopic (exact) mass is 259 g/mol. The van der Waals surface area contributed by atoms with Crippen LogP contribution >= 0.6 is 0 Å². The van der Waals surface area contributed by atoms with Crippen molar-refractivity contribution in [1.82, 2.24) is 20.2 Å². The molecule has 1 aliphatic carbocycles. The molecule has 3 rings (SSSR count). The molecular formula is C13H17N5O. The number of nitrogens with zero attached hydrogens (tertiary/aromatic N) is 4. The van der Waals surface area contributed by atoms with E-state index < -0.39 is 0 Å². The minimum Gasteiger partial charge on any atom is -0.497 e. The molecule has 0 spiro atoms. The Labute approximate surface area is 111 Å². The van der Waals surface area contributed by atoms with Crippen LogP contribution in [0, 0.1) is 5.92 Å².